The highest BCUT2D eigenvalue weighted by Gasteiger charge is 2.41. The number of carbonyl (C=O) groups is 1. The standard InChI is InChI=1S/C12H17N3O4/c1-8(2)14-5-9(15(18)19)4-10(14)11(16)13-6-12(3,17)7-13/h4-5,8,17H,6-7H2,1-3H3. The normalized spacial score (nSPS) is 17.4. The molecule has 1 aromatic rings. The lowest BCUT2D eigenvalue weighted by Gasteiger charge is -2.44. The van der Waals surface area contributed by atoms with E-state index in [1.165, 1.54) is 17.2 Å². The number of hydrogen-bond donors (Lipinski definition) is 1. The molecule has 0 aromatic carbocycles. The summed E-state index contributed by atoms with van der Waals surface area (Å²) < 4.78 is 1.59. The average molecular weight is 267 g/mol. The maximum absolute atomic E-state index is 12.2. The van der Waals surface area contributed by atoms with E-state index < -0.39 is 10.5 Å². The molecule has 0 aliphatic carbocycles. The highest BCUT2D eigenvalue weighted by atomic mass is 16.6. The molecule has 0 spiro atoms. The quantitative estimate of drug-likeness (QED) is 0.658. The second-order valence-electron chi connectivity index (χ2n) is 5.50. The van der Waals surface area contributed by atoms with Crippen LogP contribution in [0.1, 0.15) is 37.3 Å². The van der Waals surface area contributed by atoms with Crippen LogP contribution in [0.15, 0.2) is 12.3 Å². The Morgan fingerprint density at radius 3 is 2.53 bits per heavy atom. The summed E-state index contributed by atoms with van der Waals surface area (Å²) in [5, 5.41) is 20.4. The van der Waals surface area contributed by atoms with E-state index in [0.29, 0.717) is 0 Å². The van der Waals surface area contributed by atoms with Crippen molar-refractivity contribution < 1.29 is 14.8 Å². The number of aliphatic hydroxyl groups is 1. The van der Waals surface area contributed by atoms with E-state index in [4.69, 9.17) is 0 Å². The van der Waals surface area contributed by atoms with Crippen molar-refractivity contribution in [3.05, 3.63) is 28.1 Å². The van der Waals surface area contributed by atoms with Gasteiger partial charge < -0.3 is 14.6 Å². The van der Waals surface area contributed by atoms with Crippen molar-refractivity contribution in [1.82, 2.24) is 9.47 Å². The number of β-amino-alcohol motifs (C(OH)–C–C–N with tert-alkyl or cyclic N) is 1. The van der Waals surface area contributed by atoms with Crippen LogP contribution in [0.2, 0.25) is 0 Å². The number of aromatic nitrogens is 1. The monoisotopic (exact) mass is 267 g/mol. The first kappa shape index (κ1) is 13.5. The summed E-state index contributed by atoms with van der Waals surface area (Å²) in [6, 6.07) is 1.24. The van der Waals surface area contributed by atoms with Crippen LogP contribution in [-0.2, 0) is 0 Å². The van der Waals surface area contributed by atoms with Crippen molar-refractivity contribution in [3.63, 3.8) is 0 Å². The number of amides is 1. The molecule has 1 fully saturated rings. The van der Waals surface area contributed by atoms with Gasteiger partial charge in [0.2, 0.25) is 0 Å². The minimum atomic E-state index is -0.850. The van der Waals surface area contributed by atoms with Crippen LogP contribution in [0.25, 0.3) is 0 Å². The molecule has 0 atom stereocenters. The first-order valence-electron chi connectivity index (χ1n) is 6.09. The molecule has 1 N–H and O–H groups in total. The maximum Gasteiger partial charge on any atom is 0.287 e. The van der Waals surface area contributed by atoms with E-state index in [1.54, 1.807) is 11.5 Å². The summed E-state index contributed by atoms with van der Waals surface area (Å²) in [4.78, 5) is 24.0. The van der Waals surface area contributed by atoms with Gasteiger partial charge in [-0.05, 0) is 20.8 Å². The summed E-state index contributed by atoms with van der Waals surface area (Å²) in [5.74, 6) is -0.284. The van der Waals surface area contributed by atoms with Crippen LogP contribution >= 0.6 is 0 Å². The Labute approximate surface area is 110 Å². The van der Waals surface area contributed by atoms with Gasteiger partial charge in [0.15, 0.2) is 0 Å². The zero-order chi connectivity index (χ0) is 14.4. The van der Waals surface area contributed by atoms with Gasteiger partial charge in [-0.3, -0.25) is 14.9 Å². The smallest absolute Gasteiger partial charge is 0.287 e. The topological polar surface area (TPSA) is 88.6 Å². The Morgan fingerprint density at radius 2 is 2.11 bits per heavy atom. The third kappa shape index (κ3) is 2.46. The molecule has 1 aliphatic heterocycles. The van der Waals surface area contributed by atoms with Crippen molar-refractivity contribution >= 4 is 11.6 Å². The fourth-order valence-corrected chi connectivity index (χ4v) is 2.24. The predicted octanol–water partition coefficient (Wildman–Crippen LogP) is 1.18. The lowest BCUT2D eigenvalue weighted by Crippen LogP contribution is -2.61. The van der Waals surface area contributed by atoms with Crippen LogP contribution in [0.3, 0.4) is 0 Å². The first-order valence-corrected chi connectivity index (χ1v) is 6.09. The Kier molecular flexibility index (Phi) is 3.09. The molecule has 19 heavy (non-hydrogen) atoms. The second kappa shape index (κ2) is 4.34. The number of nitro groups is 1. The van der Waals surface area contributed by atoms with Crippen LogP contribution in [0.4, 0.5) is 5.69 Å². The van der Waals surface area contributed by atoms with E-state index in [1.807, 2.05) is 13.8 Å². The van der Waals surface area contributed by atoms with E-state index in [2.05, 4.69) is 0 Å². The van der Waals surface area contributed by atoms with E-state index in [-0.39, 0.29) is 36.4 Å². The van der Waals surface area contributed by atoms with Crippen LogP contribution in [0.5, 0.6) is 0 Å². The average Bonchev–Trinajstić information content (AvgIpc) is 2.69. The first-order chi connectivity index (χ1) is 8.71. The minimum absolute atomic E-state index is 0.0468. The summed E-state index contributed by atoms with van der Waals surface area (Å²) in [7, 11) is 0. The third-order valence-electron chi connectivity index (χ3n) is 3.17. The zero-order valence-electron chi connectivity index (χ0n) is 11.2. The van der Waals surface area contributed by atoms with E-state index in [0.717, 1.165) is 0 Å². The van der Waals surface area contributed by atoms with Gasteiger partial charge in [0.1, 0.15) is 5.69 Å². The van der Waals surface area contributed by atoms with E-state index >= 15 is 0 Å². The molecule has 1 aliphatic rings. The van der Waals surface area contributed by atoms with Gasteiger partial charge in [-0.2, -0.15) is 0 Å². The van der Waals surface area contributed by atoms with Gasteiger partial charge in [0, 0.05) is 12.1 Å². The molecule has 1 amide bonds. The van der Waals surface area contributed by atoms with Crippen molar-refractivity contribution in [3.8, 4) is 0 Å². The zero-order valence-corrected chi connectivity index (χ0v) is 11.2. The molecular formula is C12H17N3O4. The SMILES string of the molecule is CC(C)n1cc([N+](=O)[O-])cc1C(=O)N1CC(C)(O)C1. The Balaban J connectivity index is 2.28. The number of hydrogen-bond acceptors (Lipinski definition) is 4. The molecule has 0 unspecified atom stereocenters. The highest BCUT2D eigenvalue weighted by Crippen LogP contribution is 2.26. The Bertz CT molecular complexity index is 525. The Hall–Kier alpha value is -1.89. The minimum Gasteiger partial charge on any atom is -0.386 e. The van der Waals surface area contributed by atoms with E-state index in [9.17, 15) is 20.0 Å². The molecule has 0 bridgehead atoms. The van der Waals surface area contributed by atoms with Crippen molar-refractivity contribution in [2.45, 2.75) is 32.4 Å². The molecular weight excluding hydrogens is 250 g/mol. The molecule has 7 nitrogen and oxygen atoms in total. The summed E-state index contributed by atoms with van der Waals surface area (Å²) in [6.07, 6.45) is 1.37. The lowest BCUT2D eigenvalue weighted by molar-refractivity contribution is -0.384. The summed E-state index contributed by atoms with van der Waals surface area (Å²) in [5.41, 5.74) is -0.654. The molecule has 7 heteroatoms. The summed E-state index contributed by atoms with van der Waals surface area (Å²) in [6.45, 7) is 5.87. The fourth-order valence-electron chi connectivity index (χ4n) is 2.24. The molecule has 0 saturated carbocycles. The molecule has 104 valence electrons. The Morgan fingerprint density at radius 1 is 1.53 bits per heavy atom. The maximum atomic E-state index is 12.2. The van der Waals surface area contributed by atoms with Gasteiger partial charge in [0.25, 0.3) is 11.6 Å². The van der Waals surface area contributed by atoms with Gasteiger partial charge in [-0.1, -0.05) is 0 Å². The second-order valence-corrected chi connectivity index (χ2v) is 5.50. The number of carbonyl (C=O) groups excluding carboxylic acids is 1. The van der Waals surface area contributed by atoms with Crippen LogP contribution < -0.4 is 0 Å². The lowest BCUT2D eigenvalue weighted by atomic mass is 9.96. The predicted molar refractivity (Wildman–Crippen MR) is 68.0 cm³/mol. The summed E-state index contributed by atoms with van der Waals surface area (Å²) >= 11 is 0. The third-order valence-corrected chi connectivity index (χ3v) is 3.17. The van der Waals surface area contributed by atoms with Gasteiger partial charge in [-0.15, -0.1) is 0 Å². The fraction of sp³-hybridized carbons (Fsp3) is 0.583. The molecule has 2 rings (SSSR count). The molecule has 2 heterocycles. The van der Waals surface area contributed by atoms with Crippen LogP contribution in [-0.4, -0.2) is 44.1 Å². The highest BCUT2D eigenvalue weighted by molar-refractivity contribution is 5.94. The van der Waals surface area contributed by atoms with Gasteiger partial charge >= 0.3 is 0 Å². The largest absolute Gasteiger partial charge is 0.386 e. The van der Waals surface area contributed by atoms with Gasteiger partial charge in [0.05, 0.1) is 29.8 Å². The number of rotatable bonds is 3. The molecule has 1 aromatic heterocycles. The van der Waals surface area contributed by atoms with Crippen molar-refractivity contribution in [2.24, 2.45) is 0 Å². The number of likely N-dealkylation sites (tertiary alicyclic amines) is 1. The van der Waals surface area contributed by atoms with Crippen LogP contribution in [0, 0.1) is 10.1 Å². The number of nitrogens with zero attached hydrogens (tertiary/aromatic N) is 3. The van der Waals surface area contributed by atoms with Gasteiger partial charge in [-0.25, -0.2) is 0 Å². The van der Waals surface area contributed by atoms with Crippen molar-refractivity contribution in [1.29, 1.82) is 0 Å². The van der Waals surface area contributed by atoms with Crippen molar-refractivity contribution in [2.75, 3.05) is 13.1 Å². The molecule has 1 saturated heterocycles. The molecule has 0 radical (unpaired) electrons.